The average Bonchev–Trinajstić information content (AvgIpc) is 2.76. The second-order valence-electron chi connectivity index (χ2n) is 3.41. The fourth-order valence-electron chi connectivity index (χ4n) is 1.33. The standard InChI is InChI=1S/C11H12IN3O/c12-9-5-3-8(4-6-9)11-14-10(15-16-11)2-1-7-13/h3-6H,1-2,7,13H2. The van der Waals surface area contributed by atoms with E-state index in [0.29, 0.717) is 12.4 Å². The smallest absolute Gasteiger partial charge is 0.257 e. The van der Waals surface area contributed by atoms with Crippen LogP contribution >= 0.6 is 22.6 Å². The van der Waals surface area contributed by atoms with E-state index in [9.17, 15) is 0 Å². The lowest BCUT2D eigenvalue weighted by atomic mass is 10.2. The van der Waals surface area contributed by atoms with Crippen molar-refractivity contribution in [1.82, 2.24) is 10.1 Å². The summed E-state index contributed by atoms with van der Waals surface area (Å²) < 4.78 is 6.37. The van der Waals surface area contributed by atoms with Crippen LogP contribution in [-0.4, -0.2) is 16.7 Å². The van der Waals surface area contributed by atoms with Crippen LogP contribution in [0.15, 0.2) is 28.8 Å². The number of nitrogens with two attached hydrogens (primary N) is 1. The van der Waals surface area contributed by atoms with Crippen LogP contribution in [0.25, 0.3) is 11.5 Å². The fourth-order valence-corrected chi connectivity index (χ4v) is 1.68. The third-order valence-corrected chi connectivity index (χ3v) is 2.88. The van der Waals surface area contributed by atoms with Crippen LogP contribution in [0.1, 0.15) is 12.2 Å². The number of hydrogen-bond acceptors (Lipinski definition) is 4. The van der Waals surface area contributed by atoms with Gasteiger partial charge in [-0.3, -0.25) is 0 Å². The minimum absolute atomic E-state index is 0.573. The van der Waals surface area contributed by atoms with Gasteiger partial charge in [0.25, 0.3) is 5.89 Å². The van der Waals surface area contributed by atoms with Crippen molar-refractivity contribution >= 4 is 22.6 Å². The molecule has 4 nitrogen and oxygen atoms in total. The summed E-state index contributed by atoms with van der Waals surface area (Å²) in [4.78, 5) is 4.31. The molecule has 0 radical (unpaired) electrons. The maximum absolute atomic E-state index is 5.42. The first-order valence-electron chi connectivity index (χ1n) is 5.08. The van der Waals surface area contributed by atoms with E-state index >= 15 is 0 Å². The summed E-state index contributed by atoms with van der Waals surface area (Å²) in [6, 6.07) is 7.98. The monoisotopic (exact) mass is 329 g/mol. The highest BCUT2D eigenvalue weighted by atomic mass is 127. The number of hydrogen-bond donors (Lipinski definition) is 1. The summed E-state index contributed by atoms with van der Waals surface area (Å²) in [6.07, 6.45) is 1.65. The zero-order valence-electron chi connectivity index (χ0n) is 8.69. The first-order valence-corrected chi connectivity index (χ1v) is 6.16. The molecule has 0 saturated heterocycles. The minimum atomic E-state index is 0.573. The lowest BCUT2D eigenvalue weighted by Gasteiger charge is -1.93. The van der Waals surface area contributed by atoms with E-state index in [4.69, 9.17) is 10.3 Å². The Labute approximate surface area is 107 Å². The molecule has 0 aliphatic heterocycles. The maximum Gasteiger partial charge on any atom is 0.257 e. The predicted octanol–water partition coefficient (Wildman–Crippen LogP) is 2.23. The summed E-state index contributed by atoms with van der Waals surface area (Å²) in [7, 11) is 0. The van der Waals surface area contributed by atoms with Crippen LogP contribution in [-0.2, 0) is 6.42 Å². The molecule has 0 amide bonds. The van der Waals surface area contributed by atoms with Crippen molar-refractivity contribution in [3.8, 4) is 11.5 Å². The van der Waals surface area contributed by atoms with E-state index in [1.807, 2.05) is 24.3 Å². The van der Waals surface area contributed by atoms with Crippen LogP contribution in [0.3, 0.4) is 0 Å². The molecule has 84 valence electrons. The molecule has 0 unspecified atom stereocenters. The Morgan fingerprint density at radius 3 is 2.69 bits per heavy atom. The molecule has 5 heteroatoms. The van der Waals surface area contributed by atoms with Gasteiger partial charge in [-0.25, -0.2) is 0 Å². The van der Waals surface area contributed by atoms with Crippen LogP contribution in [0.5, 0.6) is 0 Å². The van der Waals surface area contributed by atoms with Gasteiger partial charge in [0, 0.05) is 15.6 Å². The van der Waals surface area contributed by atoms with Crippen LogP contribution in [0, 0.1) is 3.57 Å². The van der Waals surface area contributed by atoms with Crippen LogP contribution in [0.2, 0.25) is 0 Å². The van der Waals surface area contributed by atoms with Crippen molar-refractivity contribution in [2.75, 3.05) is 6.54 Å². The highest BCUT2D eigenvalue weighted by molar-refractivity contribution is 14.1. The molecular weight excluding hydrogens is 317 g/mol. The fraction of sp³-hybridized carbons (Fsp3) is 0.273. The Morgan fingerprint density at radius 2 is 2.00 bits per heavy atom. The molecule has 16 heavy (non-hydrogen) atoms. The molecule has 1 heterocycles. The Hall–Kier alpha value is -0.950. The van der Waals surface area contributed by atoms with E-state index in [-0.39, 0.29) is 0 Å². The summed E-state index contributed by atoms with van der Waals surface area (Å²) in [6.45, 7) is 0.646. The molecule has 0 spiro atoms. The van der Waals surface area contributed by atoms with Crippen molar-refractivity contribution in [2.45, 2.75) is 12.8 Å². The number of aromatic nitrogens is 2. The molecule has 2 aromatic rings. The number of rotatable bonds is 4. The van der Waals surface area contributed by atoms with Gasteiger partial charge in [0.05, 0.1) is 0 Å². The normalized spacial score (nSPS) is 10.6. The summed E-state index contributed by atoms with van der Waals surface area (Å²) in [5.41, 5.74) is 6.37. The topological polar surface area (TPSA) is 64.9 Å². The van der Waals surface area contributed by atoms with Crippen molar-refractivity contribution in [2.24, 2.45) is 5.73 Å². The zero-order chi connectivity index (χ0) is 11.4. The van der Waals surface area contributed by atoms with Crippen molar-refractivity contribution in [1.29, 1.82) is 0 Å². The van der Waals surface area contributed by atoms with Gasteiger partial charge in [0.2, 0.25) is 0 Å². The summed E-state index contributed by atoms with van der Waals surface area (Å²) in [5.74, 6) is 1.29. The van der Waals surface area contributed by atoms with Gasteiger partial charge < -0.3 is 10.3 Å². The lowest BCUT2D eigenvalue weighted by molar-refractivity contribution is 0.422. The third kappa shape index (κ3) is 2.79. The number of nitrogens with zero attached hydrogens (tertiary/aromatic N) is 2. The minimum Gasteiger partial charge on any atom is -0.334 e. The van der Waals surface area contributed by atoms with Crippen LogP contribution < -0.4 is 5.73 Å². The van der Waals surface area contributed by atoms with E-state index in [1.54, 1.807) is 0 Å². The van der Waals surface area contributed by atoms with Crippen molar-refractivity contribution in [3.63, 3.8) is 0 Å². The van der Waals surface area contributed by atoms with Crippen molar-refractivity contribution < 1.29 is 4.52 Å². The van der Waals surface area contributed by atoms with Crippen LogP contribution in [0.4, 0.5) is 0 Å². The zero-order valence-corrected chi connectivity index (χ0v) is 10.8. The highest BCUT2D eigenvalue weighted by Gasteiger charge is 2.07. The van der Waals surface area contributed by atoms with E-state index in [0.717, 1.165) is 24.2 Å². The summed E-state index contributed by atoms with van der Waals surface area (Å²) in [5, 5.41) is 3.91. The van der Waals surface area contributed by atoms with E-state index in [1.165, 1.54) is 3.57 Å². The SMILES string of the molecule is NCCCc1noc(-c2ccc(I)cc2)n1. The van der Waals surface area contributed by atoms with Gasteiger partial charge in [-0.05, 0) is 59.8 Å². The molecule has 0 saturated carbocycles. The largest absolute Gasteiger partial charge is 0.334 e. The van der Waals surface area contributed by atoms with Gasteiger partial charge in [-0.1, -0.05) is 5.16 Å². The quantitative estimate of drug-likeness (QED) is 0.874. The molecule has 2 rings (SSSR count). The molecular formula is C11H12IN3O. The number of benzene rings is 1. The van der Waals surface area contributed by atoms with E-state index < -0.39 is 0 Å². The Bertz CT molecular complexity index is 453. The Morgan fingerprint density at radius 1 is 1.25 bits per heavy atom. The summed E-state index contributed by atoms with van der Waals surface area (Å²) >= 11 is 2.26. The van der Waals surface area contributed by atoms with Crippen molar-refractivity contribution in [3.05, 3.63) is 33.7 Å². The van der Waals surface area contributed by atoms with Gasteiger partial charge in [0.15, 0.2) is 5.82 Å². The predicted molar refractivity (Wildman–Crippen MR) is 69.8 cm³/mol. The third-order valence-electron chi connectivity index (χ3n) is 2.16. The first-order chi connectivity index (χ1) is 7.79. The molecule has 0 fully saturated rings. The molecule has 0 aliphatic carbocycles. The van der Waals surface area contributed by atoms with Gasteiger partial charge in [-0.15, -0.1) is 0 Å². The van der Waals surface area contributed by atoms with Gasteiger partial charge >= 0.3 is 0 Å². The maximum atomic E-state index is 5.42. The van der Waals surface area contributed by atoms with Gasteiger partial charge in [-0.2, -0.15) is 4.98 Å². The molecule has 0 atom stereocenters. The average molecular weight is 329 g/mol. The second kappa shape index (κ2) is 5.40. The molecule has 0 aliphatic rings. The Balaban J connectivity index is 2.15. The van der Waals surface area contributed by atoms with Gasteiger partial charge in [0.1, 0.15) is 0 Å². The van der Waals surface area contributed by atoms with E-state index in [2.05, 4.69) is 32.7 Å². The first kappa shape index (κ1) is 11.5. The number of aryl methyl sites for hydroxylation is 1. The lowest BCUT2D eigenvalue weighted by Crippen LogP contribution is -2.01. The highest BCUT2D eigenvalue weighted by Crippen LogP contribution is 2.18. The molecule has 1 aromatic heterocycles. The Kier molecular flexibility index (Phi) is 3.89. The molecule has 0 bridgehead atoms. The number of halogens is 1. The molecule has 2 N–H and O–H groups in total. The molecule has 1 aromatic carbocycles. The second-order valence-corrected chi connectivity index (χ2v) is 4.66.